The van der Waals surface area contributed by atoms with Gasteiger partial charge in [-0.05, 0) is 48.9 Å². The number of nitrogens with zero attached hydrogens (tertiary/aromatic N) is 3. The highest BCUT2D eigenvalue weighted by atomic mass is 32.2. The molecule has 7 heteroatoms. The summed E-state index contributed by atoms with van der Waals surface area (Å²) < 4.78 is 2.08. The van der Waals surface area contributed by atoms with Crippen molar-refractivity contribution in [1.82, 2.24) is 14.8 Å². The molecule has 0 fully saturated rings. The third-order valence-corrected chi connectivity index (χ3v) is 6.84. The zero-order valence-electron chi connectivity index (χ0n) is 17.5. The Morgan fingerprint density at radius 1 is 0.968 bits per heavy atom. The average molecular weight is 449 g/mol. The molecule has 0 bridgehead atoms. The number of fused-ring (bicyclic) bond motifs is 1. The number of aryl methyl sites for hydroxylation is 1. The van der Waals surface area contributed by atoms with E-state index >= 15 is 0 Å². The summed E-state index contributed by atoms with van der Waals surface area (Å²) in [4.78, 5) is 13.7. The Balaban J connectivity index is 1.35. The average Bonchev–Trinajstić information content (AvgIpc) is 3.19. The molecular formula is C24H24N4OS2. The van der Waals surface area contributed by atoms with Crippen molar-refractivity contribution in [3.63, 3.8) is 0 Å². The number of thioether (sulfide) groups is 2. The fraction of sp³-hybridized carbons (Fsp3) is 0.208. The topological polar surface area (TPSA) is 59.8 Å². The molecule has 5 nitrogen and oxygen atoms in total. The number of carbonyl (C=O) groups excluding carboxylic acids is 1. The van der Waals surface area contributed by atoms with Crippen LogP contribution in [0.1, 0.15) is 18.3 Å². The molecule has 3 aromatic carbocycles. The molecule has 0 aliphatic rings. The minimum atomic E-state index is -0.0542. The number of anilines is 1. The van der Waals surface area contributed by atoms with Crippen LogP contribution in [-0.4, -0.2) is 26.4 Å². The van der Waals surface area contributed by atoms with Gasteiger partial charge in [-0.1, -0.05) is 59.8 Å². The number of benzene rings is 3. The zero-order chi connectivity index (χ0) is 21.6. The lowest BCUT2D eigenvalue weighted by atomic mass is 10.1. The van der Waals surface area contributed by atoms with Crippen molar-refractivity contribution in [3.8, 4) is 0 Å². The Bertz CT molecular complexity index is 1190. The first-order valence-corrected chi connectivity index (χ1v) is 12.1. The lowest BCUT2D eigenvalue weighted by molar-refractivity contribution is -0.113. The first-order chi connectivity index (χ1) is 15.1. The van der Waals surface area contributed by atoms with E-state index in [-0.39, 0.29) is 11.7 Å². The molecule has 1 aromatic heterocycles. The van der Waals surface area contributed by atoms with Crippen molar-refractivity contribution >= 4 is 45.9 Å². The molecule has 0 aliphatic carbocycles. The smallest absolute Gasteiger partial charge is 0.234 e. The maximum absolute atomic E-state index is 12.5. The minimum Gasteiger partial charge on any atom is -0.325 e. The summed E-state index contributed by atoms with van der Waals surface area (Å²) in [6, 6.07) is 22.5. The van der Waals surface area contributed by atoms with Crippen LogP contribution in [0.25, 0.3) is 10.8 Å². The standard InChI is InChI=1S/C24H24N4OS2/c1-3-28-22(15-30-21-12-8-17(2)9-13-21)26-27-24(28)31-16-23(29)25-20-11-10-18-6-4-5-7-19(18)14-20/h4-14H,3,15-16H2,1-2H3,(H,25,29). The molecular weight excluding hydrogens is 424 g/mol. The van der Waals surface area contributed by atoms with Crippen molar-refractivity contribution in [1.29, 1.82) is 0 Å². The molecule has 158 valence electrons. The predicted molar refractivity (Wildman–Crippen MR) is 130 cm³/mol. The fourth-order valence-electron chi connectivity index (χ4n) is 3.23. The summed E-state index contributed by atoms with van der Waals surface area (Å²) in [7, 11) is 0. The van der Waals surface area contributed by atoms with Crippen molar-refractivity contribution in [3.05, 3.63) is 78.1 Å². The van der Waals surface area contributed by atoms with Crippen LogP contribution in [0.2, 0.25) is 0 Å². The summed E-state index contributed by atoms with van der Waals surface area (Å²) in [6.07, 6.45) is 0. The predicted octanol–water partition coefficient (Wildman–Crippen LogP) is 5.78. The van der Waals surface area contributed by atoms with E-state index in [0.717, 1.165) is 39.7 Å². The number of hydrogen-bond acceptors (Lipinski definition) is 5. The van der Waals surface area contributed by atoms with Crippen LogP contribution in [0.5, 0.6) is 0 Å². The molecule has 1 N–H and O–H groups in total. The van der Waals surface area contributed by atoms with Crippen LogP contribution in [0.4, 0.5) is 5.69 Å². The molecule has 1 amide bonds. The Labute approximate surface area is 190 Å². The Morgan fingerprint density at radius 2 is 1.74 bits per heavy atom. The molecule has 0 spiro atoms. The van der Waals surface area contributed by atoms with E-state index in [4.69, 9.17) is 0 Å². The van der Waals surface area contributed by atoms with Gasteiger partial charge >= 0.3 is 0 Å². The van der Waals surface area contributed by atoms with Crippen molar-refractivity contribution < 1.29 is 4.79 Å². The van der Waals surface area contributed by atoms with Gasteiger partial charge in [-0.25, -0.2) is 0 Å². The normalized spacial score (nSPS) is 11.0. The molecule has 31 heavy (non-hydrogen) atoms. The SMILES string of the molecule is CCn1c(CSc2ccc(C)cc2)nnc1SCC(=O)Nc1ccc2ccccc2c1. The van der Waals surface area contributed by atoms with E-state index in [0.29, 0.717) is 0 Å². The highest BCUT2D eigenvalue weighted by Gasteiger charge is 2.14. The fourth-order valence-corrected chi connectivity index (χ4v) is 4.89. The second kappa shape index (κ2) is 10.0. The molecule has 0 saturated carbocycles. The van der Waals surface area contributed by atoms with Gasteiger partial charge < -0.3 is 9.88 Å². The third kappa shape index (κ3) is 5.48. The molecule has 0 saturated heterocycles. The Morgan fingerprint density at radius 3 is 2.52 bits per heavy atom. The summed E-state index contributed by atoms with van der Waals surface area (Å²) in [5, 5.41) is 14.7. The molecule has 4 aromatic rings. The van der Waals surface area contributed by atoms with Crippen molar-refractivity contribution in [2.24, 2.45) is 0 Å². The first kappa shape index (κ1) is 21.5. The van der Waals surface area contributed by atoms with Crippen LogP contribution in [0.15, 0.2) is 76.8 Å². The molecule has 0 atom stereocenters. The number of amides is 1. The van der Waals surface area contributed by atoms with Crippen molar-refractivity contribution in [2.75, 3.05) is 11.1 Å². The van der Waals surface area contributed by atoms with E-state index in [1.54, 1.807) is 11.8 Å². The molecule has 0 aliphatic heterocycles. The first-order valence-electron chi connectivity index (χ1n) is 10.2. The summed E-state index contributed by atoms with van der Waals surface area (Å²) in [5.74, 6) is 1.90. The highest BCUT2D eigenvalue weighted by Crippen LogP contribution is 2.25. The van der Waals surface area contributed by atoms with E-state index < -0.39 is 0 Å². The zero-order valence-corrected chi connectivity index (χ0v) is 19.2. The van der Waals surface area contributed by atoms with Gasteiger partial charge in [-0.15, -0.1) is 22.0 Å². The van der Waals surface area contributed by atoms with Gasteiger partial charge in [0.1, 0.15) is 5.82 Å². The monoisotopic (exact) mass is 448 g/mol. The van der Waals surface area contributed by atoms with Crippen LogP contribution in [0.3, 0.4) is 0 Å². The highest BCUT2D eigenvalue weighted by molar-refractivity contribution is 7.99. The van der Waals surface area contributed by atoms with E-state index in [2.05, 4.69) is 64.3 Å². The number of rotatable bonds is 8. The van der Waals surface area contributed by atoms with Gasteiger partial charge in [-0.3, -0.25) is 4.79 Å². The van der Waals surface area contributed by atoms with Crippen LogP contribution in [0, 0.1) is 6.92 Å². The molecule has 4 rings (SSSR count). The van der Waals surface area contributed by atoms with Gasteiger partial charge in [-0.2, -0.15) is 0 Å². The van der Waals surface area contributed by atoms with Gasteiger partial charge in [0, 0.05) is 17.1 Å². The molecule has 0 radical (unpaired) electrons. The maximum atomic E-state index is 12.5. The Hall–Kier alpha value is -2.77. The largest absolute Gasteiger partial charge is 0.325 e. The third-order valence-electron chi connectivity index (χ3n) is 4.86. The van der Waals surface area contributed by atoms with Gasteiger partial charge in [0.05, 0.1) is 11.5 Å². The number of hydrogen-bond donors (Lipinski definition) is 1. The van der Waals surface area contributed by atoms with Crippen LogP contribution >= 0.6 is 23.5 Å². The second-order valence-corrected chi connectivity index (χ2v) is 9.13. The van der Waals surface area contributed by atoms with Gasteiger partial charge in [0.25, 0.3) is 0 Å². The summed E-state index contributed by atoms with van der Waals surface area (Å²) >= 11 is 3.16. The van der Waals surface area contributed by atoms with Gasteiger partial charge in [0.15, 0.2) is 5.16 Å². The lowest BCUT2D eigenvalue weighted by Crippen LogP contribution is -2.14. The molecule has 0 unspecified atom stereocenters. The minimum absolute atomic E-state index is 0.0542. The number of aromatic nitrogens is 3. The molecule has 1 heterocycles. The second-order valence-electron chi connectivity index (χ2n) is 7.14. The number of carbonyl (C=O) groups is 1. The summed E-state index contributed by atoms with van der Waals surface area (Å²) in [5.41, 5.74) is 2.05. The Kier molecular flexibility index (Phi) is 6.94. The lowest BCUT2D eigenvalue weighted by Gasteiger charge is -2.08. The van der Waals surface area contributed by atoms with Crippen LogP contribution in [-0.2, 0) is 17.1 Å². The van der Waals surface area contributed by atoms with E-state index in [9.17, 15) is 4.79 Å². The van der Waals surface area contributed by atoms with Crippen LogP contribution < -0.4 is 5.32 Å². The quantitative estimate of drug-likeness (QED) is 0.346. The number of nitrogens with one attached hydrogen (secondary N) is 1. The van der Waals surface area contributed by atoms with E-state index in [1.807, 2.05) is 36.4 Å². The van der Waals surface area contributed by atoms with Gasteiger partial charge in [0.2, 0.25) is 5.91 Å². The van der Waals surface area contributed by atoms with E-state index in [1.165, 1.54) is 22.2 Å². The summed E-state index contributed by atoms with van der Waals surface area (Å²) in [6.45, 7) is 4.93. The van der Waals surface area contributed by atoms with Crippen molar-refractivity contribution in [2.45, 2.75) is 36.2 Å². The maximum Gasteiger partial charge on any atom is 0.234 e.